The third-order valence-electron chi connectivity index (χ3n) is 3.43. The molecular formula is C18H17N5O2S. The molecule has 0 unspecified atom stereocenters. The van der Waals surface area contributed by atoms with Crippen LogP contribution in [-0.2, 0) is 10.5 Å². The number of aromatic nitrogens is 3. The van der Waals surface area contributed by atoms with Gasteiger partial charge in [0.25, 0.3) is 5.91 Å². The Hall–Kier alpha value is -3.13. The van der Waals surface area contributed by atoms with E-state index in [4.69, 9.17) is 0 Å². The number of amides is 2. The lowest BCUT2D eigenvalue weighted by Crippen LogP contribution is -2.42. The van der Waals surface area contributed by atoms with E-state index < -0.39 is 5.91 Å². The number of H-pyrrole nitrogens is 1. The fourth-order valence-electron chi connectivity index (χ4n) is 2.17. The minimum absolute atomic E-state index is 0.230. The van der Waals surface area contributed by atoms with Gasteiger partial charge in [-0.2, -0.15) is 5.10 Å². The summed E-state index contributed by atoms with van der Waals surface area (Å²) in [7, 11) is 0. The van der Waals surface area contributed by atoms with Crippen molar-refractivity contribution in [3.63, 3.8) is 0 Å². The van der Waals surface area contributed by atoms with Crippen LogP contribution >= 0.6 is 11.8 Å². The van der Waals surface area contributed by atoms with Crippen molar-refractivity contribution in [2.24, 2.45) is 0 Å². The summed E-state index contributed by atoms with van der Waals surface area (Å²) in [5.74, 6) is 0.171. The third kappa shape index (κ3) is 4.93. The second kappa shape index (κ2) is 8.82. The number of aromatic amines is 1. The third-order valence-corrected chi connectivity index (χ3v) is 4.44. The van der Waals surface area contributed by atoms with Crippen molar-refractivity contribution in [3.05, 3.63) is 72.2 Å². The van der Waals surface area contributed by atoms with E-state index in [1.165, 1.54) is 11.8 Å². The zero-order valence-electron chi connectivity index (χ0n) is 13.8. The topological polar surface area (TPSA) is 99.8 Å². The van der Waals surface area contributed by atoms with Crippen LogP contribution in [0.1, 0.15) is 16.1 Å². The predicted octanol–water partition coefficient (Wildman–Crippen LogP) is 2.17. The zero-order chi connectivity index (χ0) is 18.2. The number of nitrogens with zero attached hydrogens (tertiary/aromatic N) is 2. The van der Waals surface area contributed by atoms with Crippen LogP contribution in [0.15, 0.2) is 60.9 Å². The average Bonchev–Trinajstić information content (AvgIpc) is 3.18. The molecule has 0 aliphatic heterocycles. The Morgan fingerprint density at radius 3 is 2.69 bits per heavy atom. The van der Waals surface area contributed by atoms with E-state index in [0.717, 1.165) is 11.1 Å². The molecule has 0 radical (unpaired) electrons. The number of nitrogens with one attached hydrogen (secondary N) is 3. The van der Waals surface area contributed by atoms with Crippen LogP contribution in [0.2, 0.25) is 0 Å². The molecule has 3 rings (SSSR count). The van der Waals surface area contributed by atoms with Gasteiger partial charge >= 0.3 is 0 Å². The van der Waals surface area contributed by atoms with E-state index in [9.17, 15) is 9.59 Å². The lowest BCUT2D eigenvalue weighted by molar-refractivity contribution is -0.119. The largest absolute Gasteiger partial charge is 0.287 e. The SMILES string of the molecule is O=C(CSCc1cccnc1)NNC(=O)c1cc(-c2ccccc2)n[nH]1. The zero-order valence-corrected chi connectivity index (χ0v) is 14.6. The monoisotopic (exact) mass is 367 g/mol. The van der Waals surface area contributed by atoms with Crippen LogP contribution in [-0.4, -0.2) is 32.7 Å². The van der Waals surface area contributed by atoms with Crippen molar-refractivity contribution in [1.29, 1.82) is 0 Å². The summed E-state index contributed by atoms with van der Waals surface area (Å²) in [5.41, 5.74) is 7.65. The van der Waals surface area contributed by atoms with Crippen molar-refractivity contribution in [1.82, 2.24) is 26.0 Å². The average molecular weight is 367 g/mol. The minimum Gasteiger partial charge on any atom is -0.272 e. The summed E-state index contributed by atoms with van der Waals surface area (Å²) >= 11 is 1.44. The van der Waals surface area contributed by atoms with Crippen LogP contribution in [0, 0.1) is 0 Å². The van der Waals surface area contributed by atoms with E-state index in [1.54, 1.807) is 18.5 Å². The summed E-state index contributed by atoms with van der Waals surface area (Å²) in [6.07, 6.45) is 3.46. The fourth-order valence-corrected chi connectivity index (χ4v) is 2.94. The molecule has 2 amide bonds. The summed E-state index contributed by atoms with van der Waals surface area (Å²) in [4.78, 5) is 27.9. The van der Waals surface area contributed by atoms with Crippen molar-refractivity contribution in [3.8, 4) is 11.3 Å². The van der Waals surface area contributed by atoms with Crippen LogP contribution in [0.5, 0.6) is 0 Å². The number of benzene rings is 1. The molecular weight excluding hydrogens is 350 g/mol. The van der Waals surface area contributed by atoms with Gasteiger partial charge in [0, 0.05) is 23.7 Å². The Bertz CT molecular complexity index is 868. The molecule has 3 aromatic rings. The lowest BCUT2D eigenvalue weighted by atomic mass is 10.1. The quantitative estimate of drug-likeness (QED) is 0.580. The van der Waals surface area contributed by atoms with Crippen LogP contribution in [0.4, 0.5) is 0 Å². The van der Waals surface area contributed by atoms with Gasteiger partial charge in [-0.25, -0.2) is 0 Å². The smallest absolute Gasteiger partial charge is 0.272 e. The molecule has 0 atom stereocenters. The normalized spacial score (nSPS) is 10.3. The Kier molecular flexibility index (Phi) is 6.00. The number of pyridine rings is 1. The van der Waals surface area contributed by atoms with Gasteiger partial charge in [-0.1, -0.05) is 36.4 Å². The summed E-state index contributed by atoms with van der Waals surface area (Å²) < 4.78 is 0. The summed E-state index contributed by atoms with van der Waals surface area (Å²) in [6, 6.07) is 14.9. The van der Waals surface area contributed by atoms with E-state index in [-0.39, 0.29) is 17.4 Å². The van der Waals surface area contributed by atoms with E-state index in [0.29, 0.717) is 11.4 Å². The highest BCUT2D eigenvalue weighted by Crippen LogP contribution is 2.16. The highest BCUT2D eigenvalue weighted by Gasteiger charge is 2.12. The second-order valence-corrected chi connectivity index (χ2v) is 6.37. The van der Waals surface area contributed by atoms with E-state index >= 15 is 0 Å². The van der Waals surface area contributed by atoms with Crippen LogP contribution in [0.25, 0.3) is 11.3 Å². The Balaban J connectivity index is 1.43. The summed E-state index contributed by atoms with van der Waals surface area (Å²) in [6.45, 7) is 0. The molecule has 3 N–H and O–H groups in total. The summed E-state index contributed by atoms with van der Waals surface area (Å²) in [5, 5.41) is 6.78. The van der Waals surface area contributed by atoms with Gasteiger partial charge in [-0.05, 0) is 17.7 Å². The molecule has 8 heteroatoms. The lowest BCUT2D eigenvalue weighted by Gasteiger charge is -2.06. The molecule has 132 valence electrons. The predicted molar refractivity (Wildman–Crippen MR) is 100 cm³/mol. The molecule has 0 aliphatic carbocycles. The Morgan fingerprint density at radius 1 is 1.08 bits per heavy atom. The van der Waals surface area contributed by atoms with E-state index in [2.05, 4.69) is 26.0 Å². The Labute approximate surface area is 154 Å². The first-order chi connectivity index (χ1) is 12.7. The molecule has 0 saturated carbocycles. The molecule has 0 saturated heterocycles. The maximum Gasteiger partial charge on any atom is 0.287 e. The van der Waals surface area contributed by atoms with Crippen LogP contribution in [0.3, 0.4) is 0 Å². The standard InChI is InChI=1S/C18H17N5O2S/c24-17(12-26-11-13-5-4-8-19-10-13)22-23-18(25)16-9-15(20-21-16)14-6-2-1-3-7-14/h1-10H,11-12H2,(H,20,21)(H,22,24)(H,23,25). The molecule has 2 aromatic heterocycles. The van der Waals surface area contributed by atoms with Crippen molar-refractivity contribution in [2.75, 3.05) is 5.75 Å². The van der Waals surface area contributed by atoms with Crippen molar-refractivity contribution in [2.45, 2.75) is 5.75 Å². The molecule has 1 aromatic carbocycles. The number of rotatable bonds is 6. The van der Waals surface area contributed by atoms with E-state index in [1.807, 2.05) is 42.5 Å². The molecule has 2 heterocycles. The van der Waals surface area contributed by atoms with Gasteiger partial charge in [-0.3, -0.25) is 30.5 Å². The molecule has 0 aliphatic rings. The first-order valence-electron chi connectivity index (χ1n) is 7.89. The van der Waals surface area contributed by atoms with Gasteiger partial charge < -0.3 is 0 Å². The molecule has 0 fully saturated rings. The number of hydrogen-bond donors (Lipinski definition) is 3. The number of carbonyl (C=O) groups excluding carboxylic acids is 2. The maximum atomic E-state index is 12.1. The van der Waals surface area contributed by atoms with Gasteiger partial charge in [0.05, 0.1) is 11.4 Å². The highest BCUT2D eigenvalue weighted by molar-refractivity contribution is 7.99. The number of thioether (sulfide) groups is 1. The number of hydrazine groups is 1. The van der Waals surface area contributed by atoms with Gasteiger partial charge in [0.2, 0.25) is 5.91 Å². The first-order valence-corrected chi connectivity index (χ1v) is 9.04. The minimum atomic E-state index is -0.453. The van der Waals surface area contributed by atoms with Gasteiger partial charge in [0.1, 0.15) is 5.69 Å². The molecule has 7 nitrogen and oxygen atoms in total. The maximum absolute atomic E-state index is 12.1. The molecule has 0 bridgehead atoms. The number of carbonyl (C=O) groups is 2. The first kappa shape index (κ1) is 17.7. The van der Waals surface area contributed by atoms with Crippen LogP contribution < -0.4 is 10.9 Å². The number of hydrogen-bond acceptors (Lipinski definition) is 5. The van der Waals surface area contributed by atoms with Gasteiger partial charge in [0.15, 0.2) is 0 Å². The highest BCUT2D eigenvalue weighted by atomic mass is 32.2. The van der Waals surface area contributed by atoms with Gasteiger partial charge in [-0.15, -0.1) is 11.8 Å². The molecule has 0 spiro atoms. The van der Waals surface area contributed by atoms with Crippen molar-refractivity contribution < 1.29 is 9.59 Å². The fraction of sp³-hybridized carbons (Fsp3) is 0.111. The molecule has 26 heavy (non-hydrogen) atoms. The Morgan fingerprint density at radius 2 is 1.92 bits per heavy atom. The van der Waals surface area contributed by atoms with Crippen molar-refractivity contribution >= 4 is 23.6 Å². The second-order valence-electron chi connectivity index (χ2n) is 5.39.